The Hall–Kier alpha value is -1.17. The molecule has 0 saturated heterocycles. The maximum absolute atomic E-state index is 11.3. The Morgan fingerprint density at radius 2 is 2.11 bits per heavy atom. The number of nitrogens with zero attached hydrogens (tertiary/aromatic N) is 2. The number of pyridine rings is 1. The number of hydrogen-bond acceptors (Lipinski definition) is 3. The summed E-state index contributed by atoms with van der Waals surface area (Å²) in [6, 6.07) is 1.24. The van der Waals surface area contributed by atoms with Crippen molar-refractivity contribution in [3.05, 3.63) is 38.8 Å². The van der Waals surface area contributed by atoms with Gasteiger partial charge in [-0.3, -0.25) is 14.9 Å². The van der Waals surface area contributed by atoms with Crippen LogP contribution in [0.15, 0.2) is 23.3 Å². The van der Waals surface area contributed by atoms with E-state index in [0.717, 1.165) is 5.33 Å². The van der Waals surface area contributed by atoms with Crippen molar-refractivity contribution in [2.75, 3.05) is 5.33 Å². The lowest BCUT2D eigenvalue weighted by atomic mass is 9.82. The van der Waals surface area contributed by atoms with Crippen LogP contribution < -0.4 is 5.43 Å². The molecule has 1 heterocycles. The van der Waals surface area contributed by atoms with Crippen LogP contribution in [-0.4, -0.2) is 14.8 Å². The highest BCUT2D eigenvalue weighted by Crippen LogP contribution is 2.28. The number of alkyl halides is 1. The molecule has 0 aliphatic rings. The van der Waals surface area contributed by atoms with Crippen LogP contribution in [0.25, 0.3) is 0 Å². The van der Waals surface area contributed by atoms with Crippen LogP contribution >= 0.6 is 15.9 Å². The van der Waals surface area contributed by atoms with Gasteiger partial charge < -0.3 is 4.57 Å². The molecule has 0 bridgehead atoms. The summed E-state index contributed by atoms with van der Waals surface area (Å²) < 4.78 is 1.71. The smallest absolute Gasteiger partial charge is 0.332 e. The van der Waals surface area contributed by atoms with Gasteiger partial charge in [0.25, 0.3) is 5.43 Å². The molecule has 5 nitrogen and oxygen atoms in total. The zero-order chi connectivity index (χ0) is 13.9. The van der Waals surface area contributed by atoms with Crippen molar-refractivity contribution in [3.8, 4) is 0 Å². The van der Waals surface area contributed by atoms with E-state index in [1.165, 1.54) is 12.3 Å². The van der Waals surface area contributed by atoms with Gasteiger partial charge in [0.15, 0.2) is 0 Å². The Kier molecular flexibility index (Phi) is 4.67. The van der Waals surface area contributed by atoms with Gasteiger partial charge in [0.05, 0.1) is 11.1 Å². The summed E-state index contributed by atoms with van der Waals surface area (Å²) in [5.41, 5.74) is -0.844. The molecule has 1 aromatic rings. The summed E-state index contributed by atoms with van der Waals surface area (Å²) in [6.45, 7) is 7.00. The Morgan fingerprint density at radius 3 is 2.56 bits per heavy atom. The monoisotopic (exact) mass is 316 g/mol. The predicted molar refractivity (Wildman–Crippen MR) is 74.1 cm³/mol. The quantitative estimate of drug-likeness (QED) is 0.487. The summed E-state index contributed by atoms with van der Waals surface area (Å²) in [4.78, 5) is 21.4. The van der Waals surface area contributed by atoms with Crippen LogP contribution in [-0.2, 0) is 6.54 Å². The second-order valence-electron chi connectivity index (χ2n) is 5.37. The molecule has 0 spiro atoms. The molecule has 0 aliphatic heterocycles. The molecule has 0 N–H and O–H groups in total. The third-order valence-corrected chi connectivity index (χ3v) is 3.78. The average Bonchev–Trinajstić information content (AvgIpc) is 2.25. The van der Waals surface area contributed by atoms with E-state index in [1.807, 2.05) is 0 Å². The number of rotatable bonds is 4. The van der Waals surface area contributed by atoms with Crippen molar-refractivity contribution in [2.45, 2.75) is 27.3 Å². The molecule has 0 radical (unpaired) electrons. The van der Waals surface area contributed by atoms with Gasteiger partial charge in [-0.05, 0) is 11.3 Å². The van der Waals surface area contributed by atoms with Crippen LogP contribution in [0.2, 0.25) is 0 Å². The lowest BCUT2D eigenvalue weighted by molar-refractivity contribution is -0.386. The van der Waals surface area contributed by atoms with Crippen molar-refractivity contribution < 1.29 is 4.92 Å². The largest absolute Gasteiger partial charge is 0.348 e. The lowest BCUT2D eigenvalue weighted by Gasteiger charge is -2.29. The van der Waals surface area contributed by atoms with Crippen molar-refractivity contribution in [3.63, 3.8) is 0 Å². The van der Waals surface area contributed by atoms with Crippen LogP contribution in [0.4, 0.5) is 5.69 Å². The van der Waals surface area contributed by atoms with Crippen LogP contribution in [0.5, 0.6) is 0 Å². The highest BCUT2D eigenvalue weighted by atomic mass is 79.9. The van der Waals surface area contributed by atoms with Crippen molar-refractivity contribution in [1.29, 1.82) is 0 Å². The zero-order valence-electron chi connectivity index (χ0n) is 10.7. The SMILES string of the molecule is CC(C)(C)C(CBr)Cn1ccc(=O)c([N+](=O)[O-])c1. The predicted octanol–water partition coefficient (Wildman–Crippen LogP) is 2.81. The van der Waals surface area contributed by atoms with Gasteiger partial charge in [-0.15, -0.1) is 0 Å². The van der Waals surface area contributed by atoms with Gasteiger partial charge >= 0.3 is 5.69 Å². The minimum Gasteiger partial charge on any atom is -0.348 e. The Bertz CT molecular complexity index is 491. The van der Waals surface area contributed by atoms with E-state index < -0.39 is 10.4 Å². The first-order valence-electron chi connectivity index (χ1n) is 5.66. The van der Waals surface area contributed by atoms with Gasteiger partial charge in [-0.2, -0.15) is 0 Å². The van der Waals surface area contributed by atoms with E-state index in [4.69, 9.17) is 0 Å². The number of aromatic nitrogens is 1. The molecule has 1 aromatic heterocycles. The van der Waals surface area contributed by atoms with Crippen LogP contribution in [0.3, 0.4) is 0 Å². The summed E-state index contributed by atoms with van der Waals surface area (Å²) >= 11 is 3.46. The molecule has 0 saturated carbocycles. The third-order valence-electron chi connectivity index (χ3n) is 3.00. The topological polar surface area (TPSA) is 65.1 Å². The molecule has 0 amide bonds. The molecule has 1 unspecified atom stereocenters. The summed E-state index contributed by atoms with van der Waals surface area (Å²) in [7, 11) is 0. The van der Waals surface area contributed by atoms with Crippen molar-refractivity contribution in [2.24, 2.45) is 11.3 Å². The van der Waals surface area contributed by atoms with Crippen molar-refractivity contribution in [1.82, 2.24) is 4.57 Å². The molecule has 0 fully saturated rings. The van der Waals surface area contributed by atoms with E-state index in [9.17, 15) is 14.9 Å². The molecule has 0 aromatic carbocycles. The molecule has 0 aliphatic carbocycles. The summed E-state index contributed by atoms with van der Waals surface area (Å²) in [6.07, 6.45) is 2.90. The number of halogens is 1. The molecule has 1 atom stereocenters. The van der Waals surface area contributed by atoms with E-state index in [0.29, 0.717) is 12.5 Å². The number of hydrogen-bond donors (Lipinski definition) is 0. The first-order valence-corrected chi connectivity index (χ1v) is 6.78. The Morgan fingerprint density at radius 1 is 1.50 bits per heavy atom. The zero-order valence-corrected chi connectivity index (χ0v) is 12.3. The summed E-state index contributed by atoms with van der Waals surface area (Å²) in [5.74, 6) is 0.319. The fourth-order valence-electron chi connectivity index (χ4n) is 1.57. The highest BCUT2D eigenvalue weighted by molar-refractivity contribution is 9.09. The first kappa shape index (κ1) is 14.9. The van der Waals surface area contributed by atoms with Gasteiger partial charge in [-0.1, -0.05) is 36.7 Å². The minimum absolute atomic E-state index is 0.0847. The second kappa shape index (κ2) is 5.65. The summed E-state index contributed by atoms with van der Waals surface area (Å²) in [5, 5.41) is 11.5. The third kappa shape index (κ3) is 3.66. The van der Waals surface area contributed by atoms with Gasteiger partial charge in [0.2, 0.25) is 0 Å². The van der Waals surface area contributed by atoms with E-state index >= 15 is 0 Å². The molecular formula is C12H17BrN2O3. The van der Waals surface area contributed by atoms with Gasteiger partial charge in [-0.25, -0.2) is 0 Å². The molecular weight excluding hydrogens is 300 g/mol. The van der Waals surface area contributed by atoms with E-state index in [2.05, 4.69) is 36.7 Å². The molecule has 1 rings (SSSR count). The first-order chi connectivity index (χ1) is 8.25. The second-order valence-corrected chi connectivity index (χ2v) is 6.01. The number of nitro groups is 1. The Labute approximate surface area is 114 Å². The average molecular weight is 317 g/mol. The maximum Gasteiger partial charge on any atom is 0.332 e. The normalized spacial score (nSPS) is 13.3. The van der Waals surface area contributed by atoms with Gasteiger partial charge in [0, 0.05) is 24.1 Å². The lowest BCUT2D eigenvalue weighted by Crippen LogP contribution is -2.27. The van der Waals surface area contributed by atoms with E-state index in [1.54, 1.807) is 10.8 Å². The van der Waals surface area contributed by atoms with Crippen LogP contribution in [0, 0.1) is 21.4 Å². The molecule has 18 heavy (non-hydrogen) atoms. The van der Waals surface area contributed by atoms with Crippen molar-refractivity contribution >= 4 is 21.6 Å². The maximum atomic E-state index is 11.3. The molecule has 6 heteroatoms. The fraction of sp³-hybridized carbons (Fsp3) is 0.583. The Balaban J connectivity index is 3.02. The minimum atomic E-state index is -0.640. The molecule has 100 valence electrons. The van der Waals surface area contributed by atoms with Crippen LogP contribution in [0.1, 0.15) is 20.8 Å². The van der Waals surface area contributed by atoms with E-state index in [-0.39, 0.29) is 11.1 Å². The van der Waals surface area contributed by atoms with Gasteiger partial charge in [0.1, 0.15) is 0 Å². The highest BCUT2D eigenvalue weighted by Gasteiger charge is 2.24. The standard InChI is InChI=1S/C12H17BrN2O3/c1-12(2,3)9(6-13)7-14-5-4-11(16)10(8-14)15(17)18/h4-5,8-9H,6-7H2,1-3H3. The fourth-order valence-corrected chi connectivity index (χ4v) is 2.75.